The molecule has 0 atom stereocenters. The van der Waals surface area contributed by atoms with Crippen LogP contribution in [-0.2, 0) is 15.0 Å². The van der Waals surface area contributed by atoms with Crippen LogP contribution in [-0.4, -0.2) is 52.7 Å². The zero-order valence-corrected chi connectivity index (χ0v) is 15.5. The SMILES string of the molecule is CC1(N2CCN(CC34CC(c5ccccc5)(C3)C4(F)F)C(=O)C2=O)CCC1. The van der Waals surface area contributed by atoms with Gasteiger partial charge in [0.05, 0.1) is 10.8 Å². The Labute approximate surface area is 157 Å². The van der Waals surface area contributed by atoms with Crippen molar-refractivity contribution in [2.24, 2.45) is 5.41 Å². The second-order valence-corrected chi connectivity index (χ2v) is 9.19. The molecular weight excluding hydrogens is 350 g/mol. The van der Waals surface area contributed by atoms with Crippen LogP contribution in [0.1, 0.15) is 44.6 Å². The van der Waals surface area contributed by atoms with Crippen molar-refractivity contribution in [3.05, 3.63) is 35.9 Å². The maximum Gasteiger partial charge on any atom is 0.312 e. The van der Waals surface area contributed by atoms with Crippen LogP contribution in [0.25, 0.3) is 0 Å². The molecule has 0 N–H and O–H groups in total. The lowest BCUT2D eigenvalue weighted by Gasteiger charge is -2.76. The molecule has 2 amide bonds. The summed E-state index contributed by atoms with van der Waals surface area (Å²) in [5.41, 5.74) is -1.79. The van der Waals surface area contributed by atoms with Gasteiger partial charge in [0.1, 0.15) is 0 Å². The van der Waals surface area contributed by atoms with Gasteiger partial charge in [-0.2, -0.15) is 0 Å². The number of alkyl halides is 2. The number of amides is 2. The molecule has 5 aliphatic rings. The zero-order valence-electron chi connectivity index (χ0n) is 15.5. The average Bonchev–Trinajstić information content (AvgIpc) is 2.60. The summed E-state index contributed by atoms with van der Waals surface area (Å²) in [7, 11) is 0. The highest BCUT2D eigenvalue weighted by molar-refractivity contribution is 6.35. The summed E-state index contributed by atoms with van der Waals surface area (Å²) in [4.78, 5) is 28.2. The summed E-state index contributed by atoms with van der Waals surface area (Å²) < 4.78 is 30.1. The van der Waals surface area contributed by atoms with Gasteiger partial charge < -0.3 is 9.80 Å². The first-order valence-electron chi connectivity index (χ1n) is 9.79. The van der Waals surface area contributed by atoms with Gasteiger partial charge in [-0.15, -0.1) is 0 Å². The average molecular weight is 374 g/mol. The molecule has 0 radical (unpaired) electrons. The highest BCUT2D eigenvalue weighted by Gasteiger charge is 2.88. The molecule has 1 aromatic rings. The van der Waals surface area contributed by atoms with Crippen LogP contribution in [0.5, 0.6) is 0 Å². The lowest BCUT2D eigenvalue weighted by molar-refractivity contribution is -0.373. The van der Waals surface area contributed by atoms with Crippen LogP contribution >= 0.6 is 0 Å². The topological polar surface area (TPSA) is 40.6 Å². The Morgan fingerprint density at radius 2 is 1.67 bits per heavy atom. The lowest BCUT2D eigenvalue weighted by atomic mass is 9.30. The minimum Gasteiger partial charge on any atom is -0.332 e. The van der Waals surface area contributed by atoms with Crippen molar-refractivity contribution < 1.29 is 18.4 Å². The predicted molar refractivity (Wildman–Crippen MR) is 95.3 cm³/mol. The number of rotatable bonds is 4. The summed E-state index contributed by atoms with van der Waals surface area (Å²) in [6.45, 7) is 2.81. The van der Waals surface area contributed by atoms with Gasteiger partial charge in [-0.1, -0.05) is 30.3 Å². The molecule has 27 heavy (non-hydrogen) atoms. The van der Waals surface area contributed by atoms with Crippen molar-refractivity contribution in [2.45, 2.75) is 55.9 Å². The first kappa shape index (κ1) is 17.1. The molecule has 1 aliphatic heterocycles. The third-order valence-corrected chi connectivity index (χ3v) is 7.76. The highest BCUT2D eigenvalue weighted by atomic mass is 19.3. The smallest absolute Gasteiger partial charge is 0.312 e. The largest absolute Gasteiger partial charge is 0.332 e. The van der Waals surface area contributed by atoms with Gasteiger partial charge in [0, 0.05) is 25.2 Å². The minimum absolute atomic E-state index is 0.0102. The molecule has 5 fully saturated rings. The summed E-state index contributed by atoms with van der Waals surface area (Å²) in [6.07, 6.45) is 3.66. The molecule has 0 unspecified atom stereocenters. The Hall–Kier alpha value is -1.98. The zero-order chi connectivity index (χ0) is 19.1. The van der Waals surface area contributed by atoms with E-state index in [0.717, 1.165) is 19.3 Å². The monoisotopic (exact) mass is 374 g/mol. The van der Waals surface area contributed by atoms with Crippen LogP contribution in [0.15, 0.2) is 30.3 Å². The van der Waals surface area contributed by atoms with Gasteiger partial charge in [-0.25, -0.2) is 8.78 Å². The highest BCUT2D eigenvalue weighted by Crippen LogP contribution is 2.81. The van der Waals surface area contributed by atoms with Gasteiger partial charge in [0.2, 0.25) is 0 Å². The number of halogens is 2. The second-order valence-electron chi connectivity index (χ2n) is 9.19. The Bertz CT molecular complexity index is 813. The normalized spacial score (nSPS) is 36.0. The van der Waals surface area contributed by atoms with Crippen LogP contribution in [0.3, 0.4) is 0 Å². The molecule has 4 saturated carbocycles. The van der Waals surface area contributed by atoms with Crippen molar-refractivity contribution in [3.8, 4) is 0 Å². The van der Waals surface area contributed by atoms with E-state index in [4.69, 9.17) is 0 Å². The van der Waals surface area contributed by atoms with E-state index in [1.807, 2.05) is 13.0 Å². The van der Waals surface area contributed by atoms with E-state index in [1.54, 1.807) is 29.2 Å². The Kier molecular flexibility index (Phi) is 3.23. The minimum atomic E-state index is -2.83. The van der Waals surface area contributed by atoms with Crippen molar-refractivity contribution in [1.82, 2.24) is 9.80 Å². The number of carbonyl (C=O) groups excluding carboxylic acids is 2. The molecule has 6 heteroatoms. The fourth-order valence-electron chi connectivity index (χ4n) is 5.86. The molecule has 1 heterocycles. The van der Waals surface area contributed by atoms with E-state index in [9.17, 15) is 9.59 Å². The van der Waals surface area contributed by atoms with Crippen LogP contribution < -0.4 is 0 Å². The maximum absolute atomic E-state index is 15.1. The summed E-state index contributed by atoms with van der Waals surface area (Å²) >= 11 is 0. The second kappa shape index (κ2) is 5.09. The molecule has 0 spiro atoms. The van der Waals surface area contributed by atoms with Gasteiger partial charge in [-0.05, 0) is 44.6 Å². The number of nitrogens with zero attached hydrogens (tertiary/aromatic N) is 2. The lowest BCUT2D eigenvalue weighted by Crippen LogP contribution is -2.84. The Morgan fingerprint density at radius 3 is 2.22 bits per heavy atom. The molecule has 0 aromatic heterocycles. The molecule has 1 saturated heterocycles. The summed E-state index contributed by atoms with van der Waals surface area (Å²) in [6, 6.07) is 8.95. The molecule has 6 rings (SSSR count). The van der Waals surface area contributed by atoms with E-state index >= 15 is 8.78 Å². The summed E-state index contributed by atoms with van der Waals surface area (Å²) in [5.74, 6) is -3.96. The first-order chi connectivity index (χ1) is 12.7. The van der Waals surface area contributed by atoms with E-state index < -0.39 is 28.6 Å². The van der Waals surface area contributed by atoms with Crippen molar-refractivity contribution in [1.29, 1.82) is 0 Å². The van der Waals surface area contributed by atoms with Gasteiger partial charge in [-0.3, -0.25) is 9.59 Å². The quantitative estimate of drug-likeness (QED) is 0.761. The molecule has 144 valence electrons. The standard InChI is InChI=1S/C21H24F2N2O2/c1-18(8-5-9-18)25-11-10-24(16(26)17(25)27)14-19-12-20(13-19,21(19,22)23)15-6-3-2-4-7-15/h2-4,6-7H,5,8-14H2,1H3. The fraction of sp³-hybridized carbons (Fsp3) is 0.619. The molecular formula is C21H24F2N2O2. The first-order valence-corrected chi connectivity index (χ1v) is 9.79. The maximum atomic E-state index is 15.1. The Balaban J connectivity index is 1.30. The van der Waals surface area contributed by atoms with Gasteiger partial charge in [0.25, 0.3) is 5.92 Å². The predicted octanol–water partition coefficient (Wildman–Crippen LogP) is 2.97. The van der Waals surface area contributed by atoms with Crippen molar-refractivity contribution in [3.63, 3.8) is 0 Å². The Morgan fingerprint density at radius 1 is 1.00 bits per heavy atom. The third-order valence-electron chi connectivity index (χ3n) is 7.76. The van der Waals surface area contributed by atoms with E-state index in [0.29, 0.717) is 31.5 Å². The number of benzene rings is 1. The van der Waals surface area contributed by atoms with E-state index in [2.05, 4.69) is 0 Å². The van der Waals surface area contributed by atoms with E-state index in [-0.39, 0.29) is 12.1 Å². The fourth-order valence-corrected chi connectivity index (χ4v) is 5.86. The number of hydrogen-bond acceptors (Lipinski definition) is 2. The molecule has 2 bridgehead atoms. The number of piperazine rings is 1. The van der Waals surface area contributed by atoms with Crippen LogP contribution in [0.2, 0.25) is 0 Å². The molecule has 4 aliphatic carbocycles. The molecule has 1 aromatic carbocycles. The van der Waals surface area contributed by atoms with Crippen LogP contribution in [0, 0.1) is 5.41 Å². The number of carbonyl (C=O) groups is 2. The van der Waals surface area contributed by atoms with Crippen molar-refractivity contribution >= 4 is 11.8 Å². The van der Waals surface area contributed by atoms with Crippen molar-refractivity contribution in [2.75, 3.05) is 19.6 Å². The molecule has 4 nitrogen and oxygen atoms in total. The van der Waals surface area contributed by atoms with E-state index in [1.165, 1.54) is 4.90 Å². The summed E-state index contributed by atoms with van der Waals surface area (Å²) in [5, 5.41) is 0. The number of hydrogen-bond donors (Lipinski definition) is 0. The van der Waals surface area contributed by atoms with Gasteiger partial charge >= 0.3 is 11.8 Å². The van der Waals surface area contributed by atoms with Crippen LogP contribution in [0.4, 0.5) is 8.78 Å². The third kappa shape index (κ3) is 1.91. The van der Waals surface area contributed by atoms with Gasteiger partial charge in [0.15, 0.2) is 0 Å².